The van der Waals surface area contributed by atoms with Crippen LogP contribution in [0.3, 0.4) is 0 Å². The van der Waals surface area contributed by atoms with Gasteiger partial charge in [0.25, 0.3) is 5.91 Å². The number of hydrogen-bond acceptors (Lipinski definition) is 18. The molecule has 6 rings (SSSR count). The summed E-state index contributed by atoms with van der Waals surface area (Å²) < 4.78 is 54.1. The van der Waals surface area contributed by atoms with Gasteiger partial charge in [0.05, 0.1) is 79.0 Å². The molecule has 1 aromatic carbocycles. The number of cyclic esters (lactones) is 1. The third-order valence-electron chi connectivity index (χ3n) is 14.5. The molecule has 4 aliphatic heterocycles. The summed E-state index contributed by atoms with van der Waals surface area (Å²) in [6.07, 6.45) is -2.14. The van der Waals surface area contributed by atoms with Gasteiger partial charge < -0.3 is 63.3 Å². The van der Waals surface area contributed by atoms with Crippen molar-refractivity contribution in [2.24, 2.45) is 23.7 Å². The van der Waals surface area contributed by atoms with E-state index in [1.807, 2.05) is 34.4 Å². The Bertz CT molecular complexity index is 2260. The van der Waals surface area contributed by atoms with Gasteiger partial charge in [-0.1, -0.05) is 44.0 Å². The Kier molecular flexibility index (Phi) is 20.4. The van der Waals surface area contributed by atoms with Crippen LogP contribution < -0.4 is 20.1 Å². The van der Waals surface area contributed by atoms with Crippen LogP contribution in [0.5, 0.6) is 11.5 Å². The Labute approximate surface area is 450 Å². The lowest BCUT2D eigenvalue weighted by Gasteiger charge is -2.47. The number of Topliss-reactive ketones (excluding diaryl/α,β-unsaturated/α-hetero) is 1. The van der Waals surface area contributed by atoms with Crippen molar-refractivity contribution >= 4 is 81.2 Å². The molecule has 406 valence electrons. The molecule has 5 heterocycles. The van der Waals surface area contributed by atoms with Gasteiger partial charge in [-0.2, -0.15) is 0 Å². The minimum absolute atomic E-state index is 0.0280. The number of hydrogen-bond donors (Lipinski definition) is 3. The summed E-state index contributed by atoms with van der Waals surface area (Å²) in [6, 6.07) is 3.26. The largest absolute Gasteiger partial charge is 0.493 e. The second-order valence-electron chi connectivity index (χ2n) is 19.7. The number of benzene rings is 1. The summed E-state index contributed by atoms with van der Waals surface area (Å²) in [5.41, 5.74) is -2.51. The topological polar surface area (TPSA) is 232 Å². The summed E-state index contributed by atoms with van der Waals surface area (Å²) >= 11 is 14.4. The van der Waals surface area contributed by atoms with Crippen molar-refractivity contribution < 1.29 is 71.7 Å². The van der Waals surface area contributed by atoms with Crippen LogP contribution in [0.15, 0.2) is 30.6 Å². The van der Waals surface area contributed by atoms with Crippen LogP contribution in [-0.2, 0) is 47.5 Å². The molecule has 0 spiro atoms. The van der Waals surface area contributed by atoms with E-state index in [4.69, 9.17) is 65.8 Å². The van der Waals surface area contributed by atoms with E-state index >= 15 is 4.79 Å². The second-order valence-corrected chi connectivity index (χ2v) is 21.7. The van der Waals surface area contributed by atoms with Gasteiger partial charge in [0, 0.05) is 68.5 Å². The maximum atomic E-state index is 15.0. The van der Waals surface area contributed by atoms with Crippen LogP contribution in [0.4, 0.5) is 10.5 Å². The van der Waals surface area contributed by atoms with Gasteiger partial charge in [0.15, 0.2) is 27.5 Å². The summed E-state index contributed by atoms with van der Waals surface area (Å²) in [4.78, 5) is 78.3. The lowest BCUT2D eigenvalue weighted by molar-refractivity contribution is -0.297. The van der Waals surface area contributed by atoms with E-state index in [1.54, 1.807) is 60.7 Å². The number of halogens is 3. The molecular formula is C50H70Cl2IN5O15. The number of aliphatic hydroxyl groups excluding tert-OH is 1. The number of nitrogens with one attached hydrogen (secondary N) is 2. The first-order chi connectivity index (χ1) is 34.6. The first-order valence-corrected chi connectivity index (χ1v) is 26.6. The van der Waals surface area contributed by atoms with Crippen LogP contribution >= 0.6 is 45.8 Å². The van der Waals surface area contributed by atoms with Crippen LogP contribution in [0, 0.1) is 23.7 Å². The van der Waals surface area contributed by atoms with Gasteiger partial charge in [0.1, 0.15) is 18.0 Å². The van der Waals surface area contributed by atoms with Gasteiger partial charge in [-0.25, -0.2) is 4.79 Å². The molecule has 2 amide bonds. The number of fused-ring (bicyclic) bond motifs is 1. The number of pyridine rings is 1. The van der Waals surface area contributed by atoms with Gasteiger partial charge in [0.2, 0.25) is 0 Å². The first kappa shape index (κ1) is 58.6. The van der Waals surface area contributed by atoms with Crippen molar-refractivity contribution in [3.05, 3.63) is 46.2 Å². The zero-order chi connectivity index (χ0) is 53.5. The highest BCUT2D eigenvalue weighted by Crippen LogP contribution is 2.45. The number of aliphatic hydroxyl groups is 1. The molecule has 0 aliphatic carbocycles. The van der Waals surface area contributed by atoms with E-state index in [9.17, 15) is 24.3 Å². The number of methoxy groups -OCH3 is 2. The molecule has 23 heteroatoms. The molecule has 0 radical (unpaired) electrons. The molecule has 0 unspecified atom stereocenters. The Morgan fingerprint density at radius 2 is 1.68 bits per heavy atom. The average Bonchev–Trinajstić information content (AvgIpc) is 3.63. The van der Waals surface area contributed by atoms with Crippen molar-refractivity contribution in [1.29, 1.82) is 0 Å². The van der Waals surface area contributed by atoms with Crippen molar-refractivity contribution in [3.63, 3.8) is 0 Å². The molecule has 3 N–H and O–H groups in total. The van der Waals surface area contributed by atoms with Gasteiger partial charge in [-0.05, 0) is 94.8 Å². The summed E-state index contributed by atoms with van der Waals surface area (Å²) in [5.74, 6) is -5.16. The number of nitrogens with zero attached hydrogens (tertiary/aromatic N) is 3. The fraction of sp³-hybridized carbons (Fsp3) is 0.680. The molecule has 0 bridgehead atoms. The Hall–Kier alpha value is -3.65. The maximum Gasteiger partial charge on any atom is 0.410 e. The number of likely N-dealkylation sites (N-methyl/N-ethyl adjacent to an activating group) is 1. The van der Waals surface area contributed by atoms with E-state index in [2.05, 4.69) is 15.6 Å². The normalized spacial score (nSPS) is 33.7. The van der Waals surface area contributed by atoms with Crippen molar-refractivity contribution in [2.45, 2.75) is 126 Å². The molecule has 4 fully saturated rings. The molecule has 0 saturated carbocycles. The van der Waals surface area contributed by atoms with Gasteiger partial charge in [-0.3, -0.25) is 29.1 Å². The standard InChI is InChI=1S/C50H70Cl2IN5O15/c1-26-22-49(6,66-10)43(71-46-40(61)34(54-8)20-27(2)69-46)29(4)41(70-37(59)25-57-15-18-67-19-16-57)30(5)45(63)72-47(53)50(7)42(28(3)39(26)60)58(48(64)73-50)14-11-17-68-36-21-31(12-13-35(36)65-9)44(62)56-38-32(51)23-55-24-33(38)52/h12-13,21,23-24,26-30,34,40-43,46-47,54,61H,11,14-20,22,25H2,1-10H3,(H,55,56,62)/t26-,27-,28+,29+,30-,34+,40-,41+,42-,43-,46+,47+,49-,50+/m1/s1. The predicted molar refractivity (Wildman–Crippen MR) is 276 cm³/mol. The van der Waals surface area contributed by atoms with Crippen molar-refractivity contribution in [3.8, 4) is 11.5 Å². The average molecular weight is 1180 g/mol. The first-order valence-electron chi connectivity index (χ1n) is 24.6. The number of morpholine rings is 1. The zero-order valence-corrected chi connectivity index (χ0v) is 46.7. The Morgan fingerprint density at radius 1 is 1.00 bits per heavy atom. The van der Waals surface area contributed by atoms with Gasteiger partial charge in [-0.15, -0.1) is 0 Å². The van der Waals surface area contributed by atoms with Crippen LogP contribution in [0.1, 0.15) is 78.1 Å². The maximum absolute atomic E-state index is 15.0. The highest BCUT2D eigenvalue weighted by atomic mass is 127. The van der Waals surface area contributed by atoms with E-state index in [0.717, 1.165) is 0 Å². The Balaban J connectivity index is 1.29. The number of esters is 2. The monoisotopic (exact) mass is 1180 g/mol. The number of carbonyl (C=O) groups excluding carboxylic acids is 5. The molecule has 20 nitrogen and oxygen atoms in total. The molecule has 4 saturated heterocycles. The number of rotatable bonds is 15. The fourth-order valence-corrected chi connectivity index (χ4v) is 11.7. The molecule has 14 atom stereocenters. The number of amides is 2. The molecular weight excluding hydrogens is 1110 g/mol. The number of alkyl halides is 1. The molecule has 4 aliphatic rings. The lowest BCUT2D eigenvalue weighted by Crippen LogP contribution is -2.60. The van der Waals surface area contributed by atoms with Crippen molar-refractivity contribution in [1.82, 2.24) is 20.1 Å². The van der Waals surface area contributed by atoms with Crippen LogP contribution in [0.2, 0.25) is 10.0 Å². The van der Waals surface area contributed by atoms with E-state index < -0.39 is 93.6 Å². The highest BCUT2D eigenvalue weighted by Gasteiger charge is 2.60. The minimum Gasteiger partial charge on any atom is -0.493 e. The SMILES string of the molecule is CN[C@H]1C[C@@H](C)O[C@@H](O[C@@H]2[C@@H](C)[C@H](OC(=O)CN3CCOCC3)[C@@H](C)C(=O)O[C@H](I)[C@@]3(C)OC(=O)N(CCCOc4cc(C(=O)Nc5c(Cl)cncc5Cl)ccc4OC)[C@@H]3[C@@H](C)C(=O)[C@H](C)C[C@@]2(C)OC)[C@@H]1O. The minimum atomic E-state index is -1.57. The van der Waals surface area contributed by atoms with E-state index in [0.29, 0.717) is 38.5 Å². The summed E-state index contributed by atoms with van der Waals surface area (Å²) in [5, 5.41) is 17.7. The van der Waals surface area contributed by atoms with Crippen LogP contribution in [-0.4, -0.2) is 175 Å². The highest BCUT2D eigenvalue weighted by molar-refractivity contribution is 14.1. The van der Waals surface area contributed by atoms with Crippen molar-refractivity contribution in [2.75, 3.05) is 72.6 Å². The van der Waals surface area contributed by atoms with E-state index in [-0.39, 0.29) is 77.5 Å². The quantitative estimate of drug-likeness (QED) is 0.0616. The third-order valence-corrected chi connectivity index (χ3v) is 16.6. The molecule has 1 aromatic heterocycles. The number of aromatic nitrogens is 1. The summed E-state index contributed by atoms with van der Waals surface area (Å²) in [7, 11) is 4.68. The second kappa shape index (κ2) is 25.5. The fourth-order valence-electron chi connectivity index (χ4n) is 10.4. The molecule has 73 heavy (non-hydrogen) atoms. The Morgan fingerprint density at radius 3 is 2.33 bits per heavy atom. The number of carbonyl (C=O) groups is 5. The van der Waals surface area contributed by atoms with Gasteiger partial charge >= 0.3 is 18.0 Å². The van der Waals surface area contributed by atoms with Crippen LogP contribution in [0.25, 0.3) is 0 Å². The summed E-state index contributed by atoms with van der Waals surface area (Å²) in [6.45, 7) is 14.1. The smallest absolute Gasteiger partial charge is 0.410 e. The third kappa shape index (κ3) is 13.5. The predicted octanol–water partition coefficient (Wildman–Crippen LogP) is 5.94. The number of ketones is 1. The number of anilines is 1. The number of ether oxygens (including phenoxy) is 9. The zero-order valence-electron chi connectivity index (χ0n) is 43.0. The van der Waals surface area contributed by atoms with E-state index in [1.165, 1.54) is 37.6 Å². The lowest BCUT2D eigenvalue weighted by atomic mass is 9.74. The molecule has 2 aromatic rings.